The second-order valence-electron chi connectivity index (χ2n) is 8.34. The molecule has 1 aliphatic heterocycles. The summed E-state index contributed by atoms with van der Waals surface area (Å²) in [6.07, 6.45) is 9.57. The Kier molecular flexibility index (Phi) is 5.79. The van der Waals surface area contributed by atoms with E-state index in [0.29, 0.717) is 23.5 Å². The van der Waals surface area contributed by atoms with E-state index in [-0.39, 0.29) is 0 Å². The lowest BCUT2D eigenvalue weighted by Crippen LogP contribution is -2.42. The number of rotatable bonds is 2. The zero-order valence-electron chi connectivity index (χ0n) is 15.7. The molecule has 0 aromatic rings. The van der Waals surface area contributed by atoms with Crippen LogP contribution in [0.1, 0.15) is 79.6 Å². The highest BCUT2D eigenvalue weighted by Crippen LogP contribution is 2.39. The van der Waals surface area contributed by atoms with E-state index >= 15 is 0 Å². The second kappa shape index (κ2) is 7.23. The molecule has 0 aromatic carbocycles. The van der Waals surface area contributed by atoms with Gasteiger partial charge in [0.15, 0.2) is 5.96 Å². The number of fused-ring (bicyclic) bond motifs is 1. The van der Waals surface area contributed by atoms with Gasteiger partial charge < -0.3 is 9.80 Å². The molecule has 3 heteroatoms. The number of aliphatic imine (C=N–C) groups is 1. The molecule has 1 heterocycles. The lowest BCUT2D eigenvalue weighted by molar-refractivity contribution is 0.161. The molecule has 2 fully saturated rings. The summed E-state index contributed by atoms with van der Waals surface area (Å²) in [4.78, 5) is 9.97. The monoisotopic (exact) mass is 307 g/mol. The van der Waals surface area contributed by atoms with Gasteiger partial charge in [0, 0.05) is 19.6 Å². The normalized spacial score (nSPS) is 31.7. The zero-order chi connectivity index (χ0) is 16.3. The molecule has 0 N–H and O–H groups in total. The molecule has 1 saturated carbocycles. The SMILES string of the molecule is CCN=C1N(C)C2CC(C)(C)CCCCCCC2N1C(C)C. The molecule has 0 bridgehead atoms. The highest BCUT2D eigenvalue weighted by atomic mass is 15.5. The maximum atomic E-state index is 4.86. The number of guanidine groups is 1. The minimum Gasteiger partial charge on any atom is -0.341 e. The maximum absolute atomic E-state index is 4.86. The van der Waals surface area contributed by atoms with Gasteiger partial charge in [-0.1, -0.05) is 39.5 Å². The number of likely N-dealkylation sites (N-methyl/N-ethyl adjacent to an activating group) is 1. The van der Waals surface area contributed by atoms with Crippen LogP contribution in [0.15, 0.2) is 4.99 Å². The highest BCUT2D eigenvalue weighted by molar-refractivity contribution is 5.83. The summed E-state index contributed by atoms with van der Waals surface area (Å²) in [6, 6.07) is 1.81. The first kappa shape index (κ1) is 17.6. The van der Waals surface area contributed by atoms with E-state index in [1.165, 1.54) is 50.9 Å². The van der Waals surface area contributed by atoms with E-state index in [0.717, 1.165) is 6.54 Å². The molecule has 1 aliphatic carbocycles. The Hall–Kier alpha value is -0.730. The van der Waals surface area contributed by atoms with Gasteiger partial charge >= 0.3 is 0 Å². The third kappa shape index (κ3) is 3.78. The Labute approximate surface area is 138 Å². The van der Waals surface area contributed by atoms with E-state index in [9.17, 15) is 0 Å². The van der Waals surface area contributed by atoms with Gasteiger partial charge in [-0.25, -0.2) is 0 Å². The highest BCUT2D eigenvalue weighted by Gasteiger charge is 2.44. The number of nitrogens with zero attached hydrogens (tertiary/aromatic N) is 3. The summed E-state index contributed by atoms with van der Waals surface area (Å²) < 4.78 is 0. The fourth-order valence-electron chi connectivity index (χ4n) is 4.45. The molecule has 128 valence electrons. The quantitative estimate of drug-likeness (QED) is 0.746. The van der Waals surface area contributed by atoms with Gasteiger partial charge in [0.1, 0.15) is 0 Å². The largest absolute Gasteiger partial charge is 0.341 e. The van der Waals surface area contributed by atoms with Gasteiger partial charge in [0.2, 0.25) is 0 Å². The molecule has 3 nitrogen and oxygen atoms in total. The minimum absolute atomic E-state index is 0.443. The Morgan fingerprint density at radius 1 is 1.14 bits per heavy atom. The Bertz CT molecular complexity index is 386. The van der Waals surface area contributed by atoms with Crippen LogP contribution >= 0.6 is 0 Å². The Morgan fingerprint density at radius 2 is 1.82 bits per heavy atom. The van der Waals surface area contributed by atoms with Gasteiger partial charge in [0.25, 0.3) is 0 Å². The molecule has 22 heavy (non-hydrogen) atoms. The van der Waals surface area contributed by atoms with Crippen molar-refractivity contribution in [3.63, 3.8) is 0 Å². The maximum Gasteiger partial charge on any atom is 0.197 e. The van der Waals surface area contributed by atoms with Crippen molar-refractivity contribution in [2.24, 2.45) is 10.4 Å². The van der Waals surface area contributed by atoms with Gasteiger partial charge in [-0.3, -0.25) is 4.99 Å². The third-order valence-electron chi connectivity index (χ3n) is 5.57. The predicted octanol–water partition coefficient (Wildman–Crippen LogP) is 4.53. The predicted molar refractivity (Wildman–Crippen MR) is 96.4 cm³/mol. The van der Waals surface area contributed by atoms with E-state index in [1.54, 1.807) is 0 Å². The van der Waals surface area contributed by atoms with Crippen LogP contribution in [0.2, 0.25) is 0 Å². The molecule has 2 unspecified atom stereocenters. The Balaban J connectivity index is 2.32. The van der Waals surface area contributed by atoms with Gasteiger partial charge in [-0.2, -0.15) is 0 Å². The van der Waals surface area contributed by atoms with Crippen LogP contribution in [-0.4, -0.2) is 47.5 Å². The molecule has 2 atom stereocenters. The Morgan fingerprint density at radius 3 is 2.45 bits per heavy atom. The van der Waals surface area contributed by atoms with Crippen LogP contribution in [0.25, 0.3) is 0 Å². The van der Waals surface area contributed by atoms with E-state index < -0.39 is 0 Å². The lowest BCUT2D eigenvalue weighted by atomic mass is 9.77. The lowest BCUT2D eigenvalue weighted by Gasteiger charge is -2.36. The third-order valence-corrected chi connectivity index (χ3v) is 5.57. The van der Waals surface area contributed by atoms with Gasteiger partial charge in [-0.15, -0.1) is 0 Å². The fourth-order valence-corrected chi connectivity index (χ4v) is 4.45. The summed E-state index contributed by atoms with van der Waals surface area (Å²) >= 11 is 0. The van der Waals surface area contributed by atoms with Gasteiger partial charge in [-0.05, 0) is 45.4 Å². The molecular weight excluding hydrogens is 270 g/mol. The van der Waals surface area contributed by atoms with E-state index in [4.69, 9.17) is 4.99 Å². The average Bonchev–Trinajstić information content (AvgIpc) is 2.68. The first-order valence-corrected chi connectivity index (χ1v) is 9.43. The van der Waals surface area contributed by atoms with E-state index in [2.05, 4.69) is 51.5 Å². The zero-order valence-corrected chi connectivity index (χ0v) is 15.7. The first-order chi connectivity index (χ1) is 10.4. The van der Waals surface area contributed by atoms with Crippen molar-refractivity contribution in [1.82, 2.24) is 9.80 Å². The van der Waals surface area contributed by atoms with Crippen molar-refractivity contribution in [3.8, 4) is 0 Å². The van der Waals surface area contributed by atoms with Crippen molar-refractivity contribution in [3.05, 3.63) is 0 Å². The molecule has 0 spiro atoms. The molecule has 0 radical (unpaired) electrons. The van der Waals surface area contributed by atoms with Crippen molar-refractivity contribution in [1.29, 1.82) is 0 Å². The van der Waals surface area contributed by atoms with Crippen LogP contribution in [0.4, 0.5) is 0 Å². The van der Waals surface area contributed by atoms with Crippen molar-refractivity contribution >= 4 is 5.96 Å². The summed E-state index contributed by atoms with van der Waals surface area (Å²) in [5.41, 5.74) is 0.443. The molecule has 0 amide bonds. The van der Waals surface area contributed by atoms with E-state index in [1.807, 2.05) is 0 Å². The molecule has 0 aromatic heterocycles. The summed E-state index contributed by atoms with van der Waals surface area (Å²) in [5.74, 6) is 1.24. The van der Waals surface area contributed by atoms with Crippen LogP contribution in [0.5, 0.6) is 0 Å². The van der Waals surface area contributed by atoms with Crippen LogP contribution in [0.3, 0.4) is 0 Å². The standard InChI is InChI=1S/C19H37N3/c1-7-20-18-21(6)17-14-19(4,5)13-11-9-8-10-12-16(17)22(18)15(2)3/h15-17H,7-14H2,1-6H3. The van der Waals surface area contributed by atoms with Crippen LogP contribution < -0.4 is 0 Å². The van der Waals surface area contributed by atoms with Gasteiger partial charge in [0.05, 0.1) is 12.1 Å². The summed E-state index contributed by atoms with van der Waals surface area (Å²) in [6.45, 7) is 12.6. The summed E-state index contributed by atoms with van der Waals surface area (Å²) in [5, 5.41) is 0. The number of hydrogen-bond acceptors (Lipinski definition) is 1. The van der Waals surface area contributed by atoms with Crippen molar-refractivity contribution in [2.45, 2.75) is 97.7 Å². The smallest absolute Gasteiger partial charge is 0.197 e. The topological polar surface area (TPSA) is 18.8 Å². The second-order valence-corrected chi connectivity index (χ2v) is 8.34. The van der Waals surface area contributed by atoms with Crippen molar-refractivity contribution in [2.75, 3.05) is 13.6 Å². The average molecular weight is 308 g/mol. The first-order valence-electron chi connectivity index (χ1n) is 9.43. The molecule has 2 aliphatic rings. The summed E-state index contributed by atoms with van der Waals surface area (Å²) in [7, 11) is 2.27. The van der Waals surface area contributed by atoms with Crippen LogP contribution in [-0.2, 0) is 0 Å². The minimum atomic E-state index is 0.443. The molecular formula is C19H37N3. The fraction of sp³-hybridized carbons (Fsp3) is 0.947. The van der Waals surface area contributed by atoms with Crippen molar-refractivity contribution < 1.29 is 0 Å². The molecule has 1 saturated heterocycles. The number of hydrogen-bond donors (Lipinski definition) is 0. The van der Waals surface area contributed by atoms with Crippen LogP contribution in [0, 0.1) is 5.41 Å². The molecule has 2 rings (SSSR count).